The van der Waals surface area contributed by atoms with Crippen LogP contribution in [0.1, 0.15) is 20.1 Å². The lowest BCUT2D eigenvalue weighted by atomic mass is 10.2. The molecule has 3 N–H and O–H groups in total. The normalized spacial score (nSPS) is 14.0. The van der Waals surface area contributed by atoms with Crippen molar-refractivity contribution in [2.45, 2.75) is 18.7 Å². The largest absolute Gasteiger partial charge is 0.396 e. The average Bonchev–Trinajstić information content (AvgIpc) is 3.04. The number of fused-ring (bicyclic) bond motifs is 1. The van der Waals surface area contributed by atoms with Gasteiger partial charge in [0.15, 0.2) is 0 Å². The number of anilines is 1. The van der Waals surface area contributed by atoms with Crippen LogP contribution in [0.2, 0.25) is 0 Å². The lowest BCUT2D eigenvalue weighted by molar-refractivity contribution is 0.0956. The number of nitrogens with zero attached hydrogens (tertiary/aromatic N) is 2. The van der Waals surface area contributed by atoms with Crippen LogP contribution in [-0.2, 0) is 18.7 Å². The summed E-state index contributed by atoms with van der Waals surface area (Å²) >= 11 is 3.56. The average molecular weight is 308 g/mol. The number of nitrogen functional groups attached to an aromatic ring is 1. The zero-order chi connectivity index (χ0) is 13.9. The van der Waals surface area contributed by atoms with E-state index in [0.717, 1.165) is 22.8 Å². The van der Waals surface area contributed by atoms with Crippen molar-refractivity contribution in [1.29, 1.82) is 0 Å². The number of aryl methyl sites for hydroxylation is 1. The van der Waals surface area contributed by atoms with Crippen LogP contribution in [0.15, 0.2) is 18.5 Å². The number of carbonyl (C=O) groups excluding carboxylic acids is 1. The van der Waals surface area contributed by atoms with Gasteiger partial charge < -0.3 is 11.1 Å². The molecule has 2 aromatic rings. The third-order valence-electron chi connectivity index (χ3n) is 3.13. The van der Waals surface area contributed by atoms with Crippen molar-refractivity contribution in [2.75, 3.05) is 18.0 Å². The number of thiophene rings is 1. The summed E-state index contributed by atoms with van der Waals surface area (Å²) in [5.41, 5.74) is 7.55. The fraction of sp³-hybridized carbons (Fsp3) is 0.385. The molecule has 0 atom stereocenters. The Morgan fingerprint density at radius 3 is 3.20 bits per heavy atom. The summed E-state index contributed by atoms with van der Waals surface area (Å²) in [6.07, 6.45) is 4.45. The number of aromatic nitrogens is 2. The van der Waals surface area contributed by atoms with Gasteiger partial charge in [-0.2, -0.15) is 16.9 Å². The molecule has 0 aromatic carbocycles. The topological polar surface area (TPSA) is 72.9 Å². The Kier molecular flexibility index (Phi) is 3.98. The van der Waals surface area contributed by atoms with E-state index in [0.29, 0.717) is 18.8 Å². The SMILES string of the molecule is Nc1cnn(CCNC(=O)c2cc3c(s2)CCSC3)c1. The number of hydrogen-bond acceptors (Lipinski definition) is 5. The molecule has 3 heterocycles. The summed E-state index contributed by atoms with van der Waals surface area (Å²) in [5.74, 6) is 2.20. The molecule has 2 aromatic heterocycles. The lowest BCUT2D eigenvalue weighted by Gasteiger charge is -2.08. The van der Waals surface area contributed by atoms with E-state index in [9.17, 15) is 4.79 Å². The molecule has 7 heteroatoms. The highest BCUT2D eigenvalue weighted by atomic mass is 32.2. The maximum absolute atomic E-state index is 12.1. The van der Waals surface area contributed by atoms with Gasteiger partial charge in [-0.3, -0.25) is 9.48 Å². The predicted molar refractivity (Wildman–Crippen MR) is 83.2 cm³/mol. The molecule has 0 bridgehead atoms. The fourth-order valence-electron chi connectivity index (χ4n) is 2.13. The van der Waals surface area contributed by atoms with Crippen LogP contribution in [0.5, 0.6) is 0 Å². The standard InChI is InChI=1S/C13H16N4OS2/c14-10-6-16-17(7-10)3-2-15-13(18)12-5-9-8-19-4-1-11(9)20-12/h5-7H,1-4,8,14H2,(H,15,18). The molecular formula is C13H16N4OS2. The Morgan fingerprint density at radius 1 is 1.55 bits per heavy atom. The smallest absolute Gasteiger partial charge is 0.261 e. The second-order valence-corrected chi connectivity index (χ2v) is 6.90. The minimum Gasteiger partial charge on any atom is -0.396 e. The molecule has 0 saturated heterocycles. The highest BCUT2D eigenvalue weighted by molar-refractivity contribution is 7.98. The Balaban J connectivity index is 1.55. The van der Waals surface area contributed by atoms with E-state index in [1.807, 2.05) is 17.8 Å². The van der Waals surface area contributed by atoms with Crippen molar-refractivity contribution in [1.82, 2.24) is 15.1 Å². The summed E-state index contributed by atoms with van der Waals surface area (Å²) in [7, 11) is 0. The van der Waals surface area contributed by atoms with Crippen molar-refractivity contribution < 1.29 is 4.79 Å². The molecule has 1 amide bonds. The van der Waals surface area contributed by atoms with Gasteiger partial charge in [-0.1, -0.05) is 0 Å². The number of rotatable bonds is 4. The van der Waals surface area contributed by atoms with E-state index in [2.05, 4.69) is 10.4 Å². The van der Waals surface area contributed by atoms with Crippen LogP contribution in [0.4, 0.5) is 5.69 Å². The number of amides is 1. The van der Waals surface area contributed by atoms with Crippen molar-refractivity contribution in [3.8, 4) is 0 Å². The molecule has 0 radical (unpaired) electrons. The minimum atomic E-state index is 0.00882. The van der Waals surface area contributed by atoms with E-state index in [1.54, 1.807) is 28.4 Å². The Morgan fingerprint density at radius 2 is 2.45 bits per heavy atom. The van der Waals surface area contributed by atoms with Gasteiger partial charge in [-0.15, -0.1) is 11.3 Å². The first-order valence-electron chi connectivity index (χ1n) is 6.48. The Hall–Kier alpha value is -1.47. The quantitative estimate of drug-likeness (QED) is 0.902. The first-order chi connectivity index (χ1) is 9.72. The number of thioether (sulfide) groups is 1. The highest BCUT2D eigenvalue weighted by Crippen LogP contribution is 2.31. The van der Waals surface area contributed by atoms with E-state index in [-0.39, 0.29) is 5.91 Å². The second kappa shape index (κ2) is 5.88. The zero-order valence-corrected chi connectivity index (χ0v) is 12.6. The third-order valence-corrected chi connectivity index (χ3v) is 5.37. The zero-order valence-electron chi connectivity index (χ0n) is 11.0. The fourth-order valence-corrected chi connectivity index (χ4v) is 4.42. The molecule has 5 nitrogen and oxygen atoms in total. The van der Waals surface area contributed by atoms with Gasteiger partial charge in [0, 0.05) is 23.4 Å². The summed E-state index contributed by atoms with van der Waals surface area (Å²) in [6.45, 7) is 1.18. The maximum Gasteiger partial charge on any atom is 0.261 e. The van der Waals surface area contributed by atoms with Crippen LogP contribution in [0.25, 0.3) is 0 Å². The molecule has 106 valence electrons. The molecule has 0 aliphatic carbocycles. The van der Waals surface area contributed by atoms with Crippen LogP contribution in [0, 0.1) is 0 Å². The van der Waals surface area contributed by atoms with Crippen LogP contribution < -0.4 is 11.1 Å². The highest BCUT2D eigenvalue weighted by Gasteiger charge is 2.17. The molecule has 0 spiro atoms. The number of hydrogen-bond donors (Lipinski definition) is 2. The summed E-state index contributed by atoms with van der Waals surface area (Å²) < 4.78 is 1.73. The first-order valence-corrected chi connectivity index (χ1v) is 8.45. The van der Waals surface area contributed by atoms with Gasteiger partial charge >= 0.3 is 0 Å². The minimum absolute atomic E-state index is 0.00882. The first kappa shape index (κ1) is 13.5. The number of carbonyl (C=O) groups is 1. The number of nitrogens with one attached hydrogen (secondary N) is 1. The van der Waals surface area contributed by atoms with Gasteiger partial charge in [-0.25, -0.2) is 0 Å². The lowest BCUT2D eigenvalue weighted by Crippen LogP contribution is -2.26. The summed E-state index contributed by atoms with van der Waals surface area (Å²) in [4.78, 5) is 14.3. The molecule has 0 fully saturated rings. The van der Waals surface area contributed by atoms with E-state index in [4.69, 9.17) is 5.73 Å². The van der Waals surface area contributed by atoms with E-state index >= 15 is 0 Å². The molecular weight excluding hydrogens is 292 g/mol. The number of nitrogens with two attached hydrogens (primary N) is 1. The van der Waals surface area contributed by atoms with Crippen molar-refractivity contribution in [3.63, 3.8) is 0 Å². The van der Waals surface area contributed by atoms with Gasteiger partial charge in [0.2, 0.25) is 0 Å². The van der Waals surface area contributed by atoms with Gasteiger partial charge in [-0.05, 0) is 23.8 Å². The van der Waals surface area contributed by atoms with E-state index < -0.39 is 0 Å². The van der Waals surface area contributed by atoms with Crippen LogP contribution in [0.3, 0.4) is 0 Å². The molecule has 0 unspecified atom stereocenters. The van der Waals surface area contributed by atoms with Crippen molar-refractivity contribution >= 4 is 34.7 Å². The van der Waals surface area contributed by atoms with Crippen LogP contribution in [-0.4, -0.2) is 28.0 Å². The van der Waals surface area contributed by atoms with Gasteiger partial charge in [0.25, 0.3) is 5.91 Å². The molecule has 1 aliphatic rings. The predicted octanol–water partition coefficient (Wildman–Crippen LogP) is 1.75. The summed E-state index contributed by atoms with van der Waals surface area (Å²) in [6, 6.07) is 2.04. The van der Waals surface area contributed by atoms with Crippen LogP contribution >= 0.6 is 23.1 Å². The van der Waals surface area contributed by atoms with Gasteiger partial charge in [0.1, 0.15) is 0 Å². The van der Waals surface area contributed by atoms with Crippen molar-refractivity contribution in [2.24, 2.45) is 0 Å². The monoisotopic (exact) mass is 308 g/mol. The molecule has 1 aliphatic heterocycles. The van der Waals surface area contributed by atoms with Crippen molar-refractivity contribution in [3.05, 3.63) is 33.8 Å². The summed E-state index contributed by atoms with van der Waals surface area (Å²) in [5, 5.41) is 7.01. The maximum atomic E-state index is 12.1. The van der Waals surface area contributed by atoms with E-state index in [1.165, 1.54) is 10.4 Å². The second-order valence-electron chi connectivity index (χ2n) is 4.65. The molecule has 3 rings (SSSR count). The Labute approximate surface area is 125 Å². The molecule has 0 saturated carbocycles. The molecule has 20 heavy (non-hydrogen) atoms. The Bertz CT molecular complexity index is 596. The van der Waals surface area contributed by atoms with Gasteiger partial charge in [0.05, 0.1) is 23.3 Å². The third kappa shape index (κ3) is 2.99.